The lowest BCUT2D eigenvalue weighted by atomic mass is 10.5. The van der Waals surface area contributed by atoms with E-state index in [0.717, 1.165) is 5.82 Å². The van der Waals surface area contributed by atoms with Crippen LogP contribution in [0.1, 0.15) is 12.7 Å². The minimum Gasteiger partial charge on any atom is -0.450 e. The number of amides is 1. The van der Waals surface area contributed by atoms with Crippen molar-refractivity contribution < 1.29 is 9.53 Å². The first-order valence-corrected chi connectivity index (χ1v) is 4.10. The summed E-state index contributed by atoms with van der Waals surface area (Å²) in [6.07, 6.45) is 3.03. The average Bonchev–Trinajstić information content (AvgIpc) is 2.57. The number of hydrogen-bond donors (Lipinski definition) is 1. The van der Waals surface area contributed by atoms with E-state index < -0.39 is 0 Å². The Labute approximate surface area is 76.7 Å². The first-order chi connectivity index (χ1) is 6.24. The summed E-state index contributed by atoms with van der Waals surface area (Å²) in [5, 5.41) is 0. The topological polar surface area (TPSA) is 58.2 Å². The molecule has 5 nitrogen and oxygen atoms in total. The number of imidazole rings is 1. The lowest BCUT2D eigenvalue weighted by Crippen LogP contribution is -2.27. The molecule has 0 radical (unpaired) electrons. The summed E-state index contributed by atoms with van der Waals surface area (Å²) < 4.78 is 4.80. The third-order valence-corrected chi connectivity index (χ3v) is 1.52. The maximum absolute atomic E-state index is 11.1. The lowest BCUT2D eigenvalue weighted by Gasteiger charge is -2.14. The number of aromatic nitrogens is 2. The van der Waals surface area contributed by atoms with Crippen molar-refractivity contribution in [1.82, 2.24) is 14.9 Å². The summed E-state index contributed by atoms with van der Waals surface area (Å²) in [5.74, 6) is 0.746. The van der Waals surface area contributed by atoms with Crippen LogP contribution in [0.2, 0.25) is 0 Å². The molecule has 1 heterocycles. The molecule has 0 unspecified atom stereocenters. The minimum atomic E-state index is -0.334. The van der Waals surface area contributed by atoms with E-state index in [1.165, 1.54) is 4.90 Å². The highest BCUT2D eigenvalue weighted by molar-refractivity contribution is 5.67. The largest absolute Gasteiger partial charge is 0.450 e. The fourth-order valence-corrected chi connectivity index (χ4v) is 0.907. The molecule has 5 heteroatoms. The molecule has 0 aliphatic rings. The highest BCUT2D eigenvalue weighted by atomic mass is 16.5. The smallest absolute Gasteiger partial charge is 0.409 e. The molecular weight excluding hydrogens is 170 g/mol. The van der Waals surface area contributed by atoms with Crippen molar-refractivity contribution in [3.8, 4) is 0 Å². The molecule has 1 aromatic rings. The second kappa shape index (κ2) is 4.49. The van der Waals surface area contributed by atoms with Crippen LogP contribution in [0.3, 0.4) is 0 Å². The van der Waals surface area contributed by atoms with Gasteiger partial charge in [-0.15, -0.1) is 0 Å². The van der Waals surface area contributed by atoms with Crippen LogP contribution in [0, 0.1) is 0 Å². The molecule has 0 saturated heterocycles. The van der Waals surface area contributed by atoms with Gasteiger partial charge >= 0.3 is 6.09 Å². The minimum absolute atomic E-state index is 0.334. The zero-order valence-corrected chi connectivity index (χ0v) is 7.78. The Balaban J connectivity index is 2.41. The molecular formula is C8H13N3O2. The molecule has 1 amide bonds. The van der Waals surface area contributed by atoms with E-state index in [-0.39, 0.29) is 6.09 Å². The average molecular weight is 183 g/mol. The predicted octanol–water partition coefficient (Wildman–Crippen LogP) is 0.998. The maximum atomic E-state index is 11.1. The molecule has 0 aliphatic heterocycles. The van der Waals surface area contributed by atoms with Crippen molar-refractivity contribution in [2.45, 2.75) is 13.5 Å². The fourth-order valence-electron chi connectivity index (χ4n) is 0.907. The molecule has 0 aliphatic carbocycles. The molecule has 0 aromatic carbocycles. The summed E-state index contributed by atoms with van der Waals surface area (Å²) in [4.78, 5) is 19.5. The van der Waals surface area contributed by atoms with Gasteiger partial charge in [-0.1, -0.05) is 0 Å². The summed E-state index contributed by atoms with van der Waals surface area (Å²) in [7, 11) is 1.67. The number of rotatable bonds is 3. The van der Waals surface area contributed by atoms with Gasteiger partial charge in [0.2, 0.25) is 0 Å². The van der Waals surface area contributed by atoms with Gasteiger partial charge in [-0.2, -0.15) is 0 Å². The molecule has 0 bridgehead atoms. The Morgan fingerprint density at radius 2 is 2.54 bits per heavy atom. The van der Waals surface area contributed by atoms with Gasteiger partial charge in [0.05, 0.1) is 13.2 Å². The van der Waals surface area contributed by atoms with Crippen LogP contribution in [-0.4, -0.2) is 34.6 Å². The SMILES string of the molecule is CCOC(=O)N(C)Cc1ncc[nH]1. The second-order valence-electron chi connectivity index (χ2n) is 2.59. The van der Waals surface area contributed by atoms with Crippen LogP contribution in [-0.2, 0) is 11.3 Å². The Morgan fingerprint density at radius 1 is 1.77 bits per heavy atom. The Morgan fingerprint density at radius 3 is 3.08 bits per heavy atom. The normalized spacial score (nSPS) is 9.69. The van der Waals surface area contributed by atoms with Crippen molar-refractivity contribution >= 4 is 6.09 Å². The predicted molar refractivity (Wildman–Crippen MR) is 47.1 cm³/mol. The summed E-state index contributed by atoms with van der Waals surface area (Å²) in [6.45, 7) is 2.60. The van der Waals surface area contributed by atoms with Crippen LogP contribution in [0.5, 0.6) is 0 Å². The third-order valence-electron chi connectivity index (χ3n) is 1.52. The zero-order valence-electron chi connectivity index (χ0n) is 7.78. The molecule has 0 spiro atoms. The van der Waals surface area contributed by atoms with Crippen molar-refractivity contribution in [2.75, 3.05) is 13.7 Å². The van der Waals surface area contributed by atoms with Gasteiger partial charge in [-0.05, 0) is 6.92 Å². The number of ether oxygens (including phenoxy) is 1. The first kappa shape index (κ1) is 9.57. The van der Waals surface area contributed by atoms with Gasteiger partial charge in [0.25, 0.3) is 0 Å². The van der Waals surface area contributed by atoms with Crippen LogP contribution >= 0.6 is 0 Å². The van der Waals surface area contributed by atoms with E-state index in [2.05, 4.69) is 9.97 Å². The van der Waals surface area contributed by atoms with Gasteiger partial charge in [0, 0.05) is 19.4 Å². The van der Waals surface area contributed by atoms with Crippen molar-refractivity contribution in [1.29, 1.82) is 0 Å². The number of nitrogens with zero attached hydrogens (tertiary/aromatic N) is 2. The Kier molecular flexibility index (Phi) is 3.31. The quantitative estimate of drug-likeness (QED) is 0.760. The van der Waals surface area contributed by atoms with Gasteiger partial charge in [0.1, 0.15) is 5.82 Å². The summed E-state index contributed by atoms with van der Waals surface area (Å²) in [5.41, 5.74) is 0. The zero-order chi connectivity index (χ0) is 9.68. The van der Waals surface area contributed by atoms with E-state index in [4.69, 9.17) is 4.74 Å². The molecule has 13 heavy (non-hydrogen) atoms. The lowest BCUT2D eigenvalue weighted by molar-refractivity contribution is 0.113. The fraction of sp³-hybridized carbons (Fsp3) is 0.500. The van der Waals surface area contributed by atoms with E-state index in [9.17, 15) is 4.79 Å². The maximum Gasteiger partial charge on any atom is 0.409 e. The number of aromatic amines is 1. The Bertz CT molecular complexity index is 258. The van der Waals surface area contributed by atoms with Gasteiger partial charge < -0.3 is 14.6 Å². The second-order valence-corrected chi connectivity index (χ2v) is 2.59. The molecule has 1 aromatic heterocycles. The molecule has 72 valence electrons. The first-order valence-electron chi connectivity index (χ1n) is 4.10. The highest BCUT2D eigenvalue weighted by Gasteiger charge is 2.09. The van der Waals surface area contributed by atoms with Crippen LogP contribution in [0.15, 0.2) is 12.4 Å². The number of nitrogens with one attached hydrogen (secondary N) is 1. The van der Waals surface area contributed by atoms with Crippen LogP contribution < -0.4 is 0 Å². The van der Waals surface area contributed by atoms with E-state index >= 15 is 0 Å². The molecule has 0 atom stereocenters. The monoisotopic (exact) mass is 183 g/mol. The molecule has 1 N–H and O–H groups in total. The number of carbonyl (C=O) groups excluding carboxylic acids is 1. The van der Waals surface area contributed by atoms with Crippen molar-refractivity contribution in [3.63, 3.8) is 0 Å². The molecule has 0 fully saturated rings. The van der Waals surface area contributed by atoms with E-state index in [0.29, 0.717) is 13.2 Å². The van der Waals surface area contributed by atoms with Gasteiger partial charge in [-0.25, -0.2) is 9.78 Å². The number of carbonyl (C=O) groups is 1. The third kappa shape index (κ3) is 2.77. The van der Waals surface area contributed by atoms with Crippen LogP contribution in [0.25, 0.3) is 0 Å². The van der Waals surface area contributed by atoms with Gasteiger partial charge in [-0.3, -0.25) is 0 Å². The number of hydrogen-bond acceptors (Lipinski definition) is 3. The van der Waals surface area contributed by atoms with Crippen molar-refractivity contribution in [3.05, 3.63) is 18.2 Å². The van der Waals surface area contributed by atoms with Crippen LogP contribution in [0.4, 0.5) is 4.79 Å². The standard InChI is InChI=1S/C8H13N3O2/c1-3-13-8(12)11(2)6-7-9-4-5-10-7/h4-5H,3,6H2,1-2H3,(H,9,10). The highest BCUT2D eigenvalue weighted by Crippen LogP contribution is 1.97. The summed E-state index contributed by atoms with van der Waals surface area (Å²) >= 11 is 0. The Hall–Kier alpha value is -1.52. The van der Waals surface area contributed by atoms with E-state index in [1.54, 1.807) is 26.4 Å². The van der Waals surface area contributed by atoms with Crippen molar-refractivity contribution in [2.24, 2.45) is 0 Å². The van der Waals surface area contributed by atoms with Gasteiger partial charge in [0.15, 0.2) is 0 Å². The molecule has 0 saturated carbocycles. The number of H-pyrrole nitrogens is 1. The summed E-state index contributed by atoms with van der Waals surface area (Å²) in [6, 6.07) is 0. The van der Waals surface area contributed by atoms with E-state index in [1.807, 2.05) is 0 Å². The molecule has 1 rings (SSSR count).